The van der Waals surface area contributed by atoms with Crippen LogP contribution >= 0.6 is 11.6 Å². The summed E-state index contributed by atoms with van der Waals surface area (Å²) in [5, 5.41) is 12.7. The van der Waals surface area contributed by atoms with Gasteiger partial charge in [0.15, 0.2) is 5.82 Å². The summed E-state index contributed by atoms with van der Waals surface area (Å²) < 4.78 is 1.85. The van der Waals surface area contributed by atoms with Crippen molar-refractivity contribution in [2.45, 2.75) is 32.7 Å². The van der Waals surface area contributed by atoms with Crippen LogP contribution in [0.1, 0.15) is 26.2 Å². The Morgan fingerprint density at radius 2 is 2.25 bits per heavy atom. The molecule has 1 heterocycles. The molecule has 1 aromatic carbocycles. The molecule has 1 aliphatic carbocycles. The number of benzene rings is 1. The van der Waals surface area contributed by atoms with Crippen LogP contribution in [0.15, 0.2) is 18.2 Å². The lowest BCUT2D eigenvalue weighted by molar-refractivity contribution is 0.346. The van der Waals surface area contributed by atoms with Crippen molar-refractivity contribution in [1.82, 2.24) is 20.2 Å². The number of hydrogen-bond acceptors (Lipinski definition) is 4. The van der Waals surface area contributed by atoms with E-state index >= 15 is 0 Å². The first-order valence-electron chi connectivity index (χ1n) is 6.96. The summed E-state index contributed by atoms with van der Waals surface area (Å²) >= 11 is 6.24. The standard InChI is InChI=1S/C14H18ClN5/c1-9-3-2-4-10(9)8-20-14(17-18-19-20)12-7-11(16)5-6-13(12)15/h5-7,9-10H,2-4,8,16H2,1H3. The molecule has 0 aliphatic heterocycles. The van der Waals surface area contributed by atoms with E-state index in [-0.39, 0.29) is 0 Å². The van der Waals surface area contributed by atoms with E-state index < -0.39 is 0 Å². The smallest absolute Gasteiger partial charge is 0.183 e. The fraction of sp³-hybridized carbons (Fsp3) is 0.500. The molecule has 0 spiro atoms. The van der Waals surface area contributed by atoms with Crippen molar-refractivity contribution >= 4 is 17.3 Å². The summed E-state index contributed by atoms with van der Waals surface area (Å²) in [5.41, 5.74) is 7.29. The molecule has 2 atom stereocenters. The van der Waals surface area contributed by atoms with Gasteiger partial charge in [0.25, 0.3) is 0 Å². The summed E-state index contributed by atoms with van der Waals surface area (Å²) in [6.07, 6.45) is 3.83. The van der Waals surface area contributed by atoms with Crippen LogP contribution in [0, 0.1) is 11.8 Å². The number of rotatable bonds is 3. The van der Waals surface area contributed by atoms with E-state index in [0.29, 0.717) is 22.5 Å². The highest BCUT2D eigenvalue weighted by atomic mass is 35.5. The van der Waals surface area contributed by atoms with E-state index in [1.54, 1.807) is 12.1 Å². The molecule has 1 aromatic heterocycles. The van der Waals surface area contributed by atoms with Crippen LogP contribution in [0.2, 0.25) is 5.02 Å². The third-order valence-electron chi connectivity index (χ3n) is 4.21. The summed E-state index contributed by atoms with van der Waals surface area (Å²) in [4.78, 5) is 0. The number of anilines is 1. The lowest BCUT2D eigenvalue weighted by Gasteiger charge is -2.15. The molecule has 0 radical (unpaired) electrons. The zero-order chi connectivity index (χ0) is 14.1. The minimum Gasteiger partial charge on any atom is -0.399 e. The molecule has 3 rings (SSSR count). The lowest BCUT2D eigenvalue weighted by atomic mass is 9.98. The molecule has 0 saturated heterocycles. The highest BCUT2D eigenvalue weighted by molar-refractivity contribution is 6.33. The van der Waals surface area contributed by atoms with Gasteiger partial charge < -0.3 is 5.73 Å². The molecule has 1 saturated carbocycles. The van der Waals surface area contributed by atoms with E-state index in [1.807, 2.05) is 10.7 Å². The first-order valence-corrected chi connectivity index (χ1v) is 7.34. The van der Waals surface area contributed by atoms with E-state index in [2.05, 4.69) is 22.4 Å². The molecular formula is C14H18ClN5. The van der Waals surface area contributed by atoms with Crippen LogP contribution < -0.4 is 5.73 Å². The third-order valence-corrected chi connectivity index (χ3v) is 4.54. The number of hydrogen-bond donors (Lipinski definition) is 1. The van der Waals surface area contributed by atoms with Crippen LogP contribution in [0.5, 0.6) is 0 Å². The van der Waals surface area contributed by atoms with E-state index in [9.17, 15) is 0 Å². The molecule has 2 unspecified atom stereocenters. The van der Waals surface area contributed by atoms with Gasteiger partial charge in [-0.1, -0.05) is 31.4 Å². The Hall–Kier alpha value is -1.62. The highest BCUT2D eigenvalue weighted by Crippen LogP contribution is 2.34. The Morgan fingerprint density at radius 1 is 1.40 bits per heavy atom. The lowest BCUT2D eigenvalue weighted by Crippen LogP contribution is -2.15. The molecule has 6 heteroatoms. The van der Waals surface area contributed by atoms with Gasteiger partial charge in [-0.25, -0.2) is 4.68 Å². The quantitative estimate of drug-likeness (QED) is 0.883. The van der Waals surface area contributed by atoms with Crippen molar-refractivity contribution in [1.29, 1.82) is 0 Å². The minimum absolute atomic E-state index is 0.620. The van der Waals surface area contributed by atoms with Crippen molar-refractivity contribution in [3.63, 3.8) is 0 Å². The van der Waals surface area contributed by atoms with Gasteiger partial charge in [-0.3, -0.25) is 0 Å². The monoisotopic (exact) mass is 291 g/mol. The van der Waals surface area contributed by atoms with Crippen molar-refractivity contribution in [2.24, 2.45) is 11.8 Å². The molecular weight excluding hydrogens is 274 g/mol. The van der Waals surface area contributed by atoms with Crippen molar-refractivity contribution in [3.05, 3.63) is 23.2 Å². The summed E-state index contributed by atoms with van der Waals surface area (Å²) in [6, 6.07) is 5.38. The van der Waals surface area contributed by atoms with Crippen molar-refractivity contribution in [3.8, 4) is 11.4 Å². The molecule has 0 amide bonds. The summed E-state index contributed by atoms with van der Waals surface area (Å²) in [5.74, 6) is 2.06. The topological polar surface area (TPSA) is 69.6 Å². The number of nitrogens with two attached hydrogens (primary N) is 1. The van der Waals surface area contributed by atoms with Gasteiger partial charge in [-0.2, -0.15) is 0 Å². The van der Waals surface area contributed by atoms with E-state index in [1.165, 1.54) is 19.3 Å². The van der Waals surface area contributed by atoms with Crippen molar-refractivity contribution < 1.29 is 0 Å². The largest absolute Gasteiger partial charge is 0.399 e. The maximum atomic E-state index is 6.24. The fourth-order valence-electron chi connectivity index (χ4n) is 2.95. The number of nitrogens with zero attached hydrogens (tertiary/aromatic N) is 4. The fourth-order valence-corrected chi connectivity index (χ4v) is 3.15. The Labute approximate surface area is 123 Å². The number of tetrazole rings is 1. The predicted molar refractivity (Wildman–Crippen MR) is 79.2 cm³/mol. The number of aromatic nitrogens is 4. The second-order valence-corrected chi connectivity index (χ2v) is 6.00. The third kappa shape index (κ3) is 2.50. The normalized spacial score (nSPS) is 22.3. The van der Waals surface area contributed by atoms with Crippen LogP contribution in [0.4, 0.5) is 5.69 Å². The first kappa shape index (κ1) is 13.4. The Bertz CT molecular complexity index is 609. The molecule has 1 fully saturated rings. The zero-order valence-corrected chi connectivity index (χ0v) is 12.2. The minimum atomic E-state index is 0.620. The van der Waals surface area contributed by atoms with Crippen LogP contribution in [-0.4, -0.2) is 20.2 Å². The summed E-state index contributed by atoms with van der Waals surface area (Å²) in [6.45, 7) is 3.14. The van der Waals surface area contributed by atoms with Crippen molar-refractivity contribution in [2.75, 3.05) is 5.73 Å². The SMILES string of the molecule is CC1CCCC1Cn1nnnc1-c1cc(N)ccc1Cl. The van der Waals surface area contributed by atoms with Gasteiger partial charge in [0, 0.05) is 17.8 Å². The molecule has 2 N–H and O–H groups in total. The van der Waals surface area contributed by atoms with Gasteiger partial charge in [0.1, 0.15) is 0 Å². The van der Waals surface area contributed by atoms with Gasteiger partial charge in [0.2, 0.25) is 0 Å². The van der Waals surface area contributed by atoms with Gasteiger partial charge in [-0.15, -0.1) is 5.10 Å². The van der Waals surface area contributed by atoms with Gasteiger partial charge in [-0.05, 0) is 46.9 Å². The Morgan fingerprint density at radius 3 is 3.00 bits per heavy atom. The molecule has 5 nitrogen and oxygen atoms in total. The Balaban J connectivity index is 1.91. The first-order chi connectivity index (χ1) is 9.65. The highest BCUT2D eigenvalue weighted by Gasteiger charge is 2.25. The van der Waals surface area contributed by atoms with Crippen LogP contribution in [0.25, 0.3) is 11.4 Å². The second-order valence-electron chi connectivity index (χ2n) is 5.59. The molecule has 0 bridgehead atoms. The van der Waals surface area contributed by atoms with E-state index in [0.717, 1.165) is 18.0 Å². The molecule has 1 aliphatic rings. The van der Waals surface area contributed by atoms with E-state index in [4.69, 9.17) is 17.3 Å². The zero-order valence-electron chi connectivity index (χ0n) is 11.5. The average Bonchev–Trinajstić information content (AvgIpc) is 3.03. The molecule has 20 heavy (non-hydrogen) atoms. The van der Waals surface area contributed by atoms with Gasteiger partial charge >= 0.3 is 0 Å². The summed E-state index contributed by atoms with van der Waals surface area (Å²) in [7, 11) is 0. The molecule has 106 valence electrons. The Kier molecular flexibility index (Phi) is 3.61. The van der Waals surface area contributed by atoms with Gasteiger partial charge in [0.05, 0.1) is 5.02 Å². The van der Waals surface area contributed by atoms with Crippen LogP contribution in [-0.2, 0) is 6.54 Å². The number of halogens is 1. The van der Waals surface area contributed by atoms with Crippen LogP contribution in [0.3, 0.4) is 0 Å². The number of nitrogen functional groups attached to an aromatic ring is 1. The average molecular weight is 292 g/mol. The predicted octanol–water partition coefficient (Wildman–Crippen LogP) is 3.01. The molecule has 2 aromatic rings. The maximum Gasteiger partial charge on any atom is 0.183 e. The second kappa shape index (κ2) is 5.40. The maximum absolute atomic E-state index is 6.24.